The second-order valence-corrected chi connectivity index (χ2v) is 4.34. The van der Waals surface area contributed by atoms with Crippen LogP contribution in [0.25, 0.3) is 0 Å². The fourth-order valence-electron chi connectivity index (χ4n) is 1.26. The SMILES string of the molecule is OCC1(NCc2occc2Br)CC1. The lowest BCUT2D eigenvalue weighted by molar-refractivity contribution is 0.226. The zero-order chi connectivity index (χ0) is 9.31. The molecule has 0 atom stereocenters. The predicted molar refractivity (Wildman–Crippen MR) is 52.3 cm³/mol. The molecule has 0 unspecified atom stereocenters. The monoisotopic (exact) mass is 245 g/mol. The molecule has 0 radical (unpaired) electrons. The first-order chi connectivity index (χ1) is 6.26. The quantitative estimate of drug-likeness (QED) is 0.849. The third kappa shape index (κ3) is 1.95. The molecule has 1 aromatic heterocycles. The molecule has 1 aliphatic carbocycles. The average Bonchev–Trinajstić information content (AvgIpc) is 2.82. The number of furan rings is 1. The number of aliphatic hydroxyl groups excluding tert-OH is 1. The maximum Gasteiger partial charge on any atom is 0.131 e. The zero-order valence-electron chi connectivity index (χ0n) is 7.22. The molecule has 3 nitrogen and oxygen atoms in total. The summed E-state index contributed by atoms with van der Waals surface area (Å²) in [7, 11) is 0. The highest BCUT2D eigenvalue weighted by Crippen LogP contribution is 2.35. The van der Waals surface area contributed by atoms with Crippen LogP contribution in [-0.2, 0) is 6.54 Å². The lowest BCUT2D eigenvalue weighted by atomic mass is 10.3. The summed E-state index contributed by atoms with van der Waals surface area (Å²) in [5, 5.41) is 12.3. The van der Waals surface area contributed by atoms with Crippen molar-refractivity contribution in [2.24, 2.45) is 0 Å². The molecule has 72 valence electrons. The summed E-state index contributed by atoms with van der Waals surface area (Å²) in [6.07, 6.45) is 3.77. The molecular weight excluding hydrogens is 234 g/mol. The van der Waals surface area contributed by atoms with Crippen molar-refractivity contribution in [1.82, 2.24) is 5.32 Å². The second kappa shape index (κ2) is 3.44. The first-order valence-electron chi connectivity index (χ1n) is 4.33. The Labute approximate surface area is 85.3 Å². The fraction of sp³-hybridized carbons (Fsp3) is 0.556. The minimum atomic E-state index is -0.0216. The standard InChI is InChI=1S/C9H12BrNO2/c10-7-1-4-13-8(7)5-11-9(6-12)2-3-9/h1,4,11-12H,2-3,5-6H2. The van der Waals surface area contributed by atoms with Crippen molar-refractivity contribution in [3.63, 3.8) is 0 Å². The van der Waals surface area contributed by atoms with Crippen LogP contribution in [0.3, 0.4) is 0 Å². The fourth-order valence-corrected chi connectivity index (χ4v) is 1.60. The highest BCUT2D eigenvalue weighted by molar-refractivity contribution is 9.10. The van der Waals surface area contributed by atoms with E-state index in [1.807, 2.05) is 6.07 Å². The Balaban J connectivity index is 1.90. The molecule has 2 rings (SSSR count). The van der Waals surface area contributed by atoms with Crippen LogP contribution < -0.4 is 5.32 Å². The third-order valence-corrected chi connectivity index (χ3v) is 3.18. The molecule has 0 bridgehead atoms. The van der Waals surface area contributed by atoms with E-state index in [1.54, 1.807) is 6.26 Å². The number of hydrogen-bond donors (Lipinski definition) is 2. The van der Waals surface area contributed by atoms with Crippen LogP contribution in [0.5, 0.6) is 0 Å². The summed E-state index contributed by atoms with van der Waals surface area (Å²) in [5.74, 6) is 0.889. The number of rotatable bonds is 4. The summed E-state index contributed by atoms with van der Waals surface area (Å²) in [4.78, 5) is 0. The van der Waals surface area contributed by atoms with Gasteiger partial charge in [0.05, 0.1) is 23.9 Å². The van der Waals surface area contributed by atoms with Crippen molar-refractivity contribution in [2.75, 3.05) is 6.61 Å². The van der Waals surface area contributed by atoms with E-state index >= 15 is 0 Å². The molecule has 1 heterocycles. The van der Waals surface area contributed by atoms with Crippen molar-refractivity contribution in [2.45, 2.75) is 24.9 Å². The zero-order valence-corrected chi connectivity index (χ0v) is 8.80. The van der Waals surface area contributed by atoms with Gasteiger partial charge in [0.1, 0.15) is 5.76 Å². The number of aliphatic hydroxyl groups is 1. The molecular formula is C9H12BrNO2. The van der Waals surface area contributed by atoms with E-state index in [9.17, 15) is 0 Å². The molecule has 1 saturated carbocycles. The van der Waals surface area contributed by atoms with Gasteiger partial charge in [-0.3, -0.25) is 0 Å². The van der Waals surface area contributed by atoms with E-state index in [4.69, 9.17) is 9.52 Å². The molecule has 0 aliphatic heterocycles. The predicted octanol–water partition coefficient (Wildman–Crippen LogP) is 1.66. The number of halogens is 1. The van der Waals surface area contributed by atoms with Crippen LogP contribution in [0.15, 0.2) is 21.2 Å². The lowest BCUT2D eigenvalue weighted by Gasteiger charge is -2.12. The summed E-state index contributed by atoms with van der Waals surface area (Å²) >= 11 is 3.38. The van der Waals surface area contributed by atoms with Crippen molar-refractivity contribution in [3.8, 4) is 0 Å². The molecule has 0 saturated heterocycles. The molecule has 0 spiro atoms. The molecule has 1 fully saturated rings. The Bertz CT molecular complexity index is 294. The smallest absolute Gasteiger partial charge is 0.131 e. The molecule has 0 amide bonds. The van der Waals surface area contributed by atoms with E-state index in [-0.39, 0.29) is 12.1 Å². The van der Waals surface area contributed by atoms with Gasteiger partial charge in [0.15, 0.2) is 0 Å². The molecule has 2 N–H and O–H groups in total. The van der Waals surface area contributed by atoms with Crippen molar-refractivity contribution < 1.29 is 9.52 Å². The molecule has 1 aliphatic rings. The van der Waals surface area contributed by atoms with Crippen LogP contribution in [-0.4, -0.2) is 17.3 Å². The van der Waals surface area contributed by atoms with Crippen LogP contribution >= 0.6 is 15.9 Å². The van der Waals surface area contributed by atoms with Crippen LogP contribution in [0.1, 0.15) is 18.6 Å². The molecule has 13 heavy (non-hydrogen) atoms. The van der Waals surface area contributed by atoms with Crippen molar-refractivity contribution >= 4 is 15.9 Å². The van der Waals surface area contributed by atoms with E-state index in [2.05, 4.69) is 21.2 Å². The van der Waals surface area contributed by atoms with Gasteiger partial charge in [-0.2, -0.15) is 0 Å². The van der Waals surface area contributed by atoms with Gasteiger partial charge in [0, 0.05) is 5.54 Å². The Hall–Kier alpha value is -0.320. The van der Waals surface area contributed by atoms with Crippen LogP contribution in [0.4, 0.5) is 0 Å². The highest BCUT2D eigenvalue weighted by atomic mass is 79.9. The maximum absolute atomic E-state index is 9.05. The van der Waals surface area contributed by atoms with Gasteiger partial charge in [0.25, 0.3) is 0 Å². The summed E-state index contributed by atoms with van der Waals surface area (Å²) in [5.41, 5.74) is -0.0216. The molecule has 4 heteroatoms. The lowest BCUT2D eigenvalue weighted by Crippen LogP contribution is -2.34. The first kappa shape index (κ1) is 9.24. The van der Waals surface area contributed by atoms with Gasteiger partial charge in [-0.15, -0.1) is 0 Å². The third-order valence-electron chi connectivity index (χ3n) is 2.47. The first-order valence-corrected chi connectivity index (χ1v) is 5.13. The Morgan fingerprint density at radius 1 is 1.62 bits per heavy atom. The van der Waals surface area contributed by atoms with Gasteiger partial charge in [-0.1, -0.05) is 0 Å². The van der Waals surface area contributed by atoms with E-state index in [0.29, 0.717) is 6.54 Å². The topological polar surface area (TPSA) is 45.4 Å². The summed E-state index contributed by atoms with van der Waals surface area (Å²) in [6.45, 7) is 0.888. The second-order valence-electron chi connectivity index (χ2n) is 3.48. The largest absolute Gasteiger partial charge is 0.467 e. The van der Waals surface area contributed by atoms with Gasteiger partial charge in [-0.25, -0.2) is 0 Å². The van der Waals surface area contributed by atoms with Gasteiger partial charge in [0.2, 0.25) is 0 Å². The van der Waals surface area contributed by atoms with Crippen molar-refractivity contribution in [1.29, 1.82) is 0 Å². The number of hydrogen-bond acceptors (Lipinski definition) is 3. The Morgan fingerprint density at radius 2 is 2.38 bits per heavy atom. The van der Waals surface area contributed by atoms with E-state index in [1.165, 1.54) is 0 Å². The molecule has 1 aromatic rings. The van der Waals surface area contributed by atoms with Gasteiger partial charge < -0.3 is 14.8 Å². The minimum Gasteiger partial charge on any atom is -0.467 e. The Kier molecular flexibility index (Phi) is 2.45. The summed E-state index contributed by atoms with van der Waals surface area (Å²) < 4.78 is 6.22. The molecule has 0 aromatic carbocycles. The van der Waals surface area contributed by atoms with E-state index in [0.717, 1.165) is 23.1 Å². The normalized spacial score (nSPS) is 18.9. The van der Waals surface area contributed by atoms with Crippen LogP contribution in [0, 0.1) is 0 Å². The van der Waals surface area contributed by atoms with Gasteiger partial charge >= 0.3 is 0 Å². The van der Waals surface area contributed by atoms with Crippen LogP contribution in [0.2, 0.25) is 0 Å². The Morgan fingerprint density at radius 3 is 2.85 bits per heavy atom. The van der Waals surface area contributed by atoms with Crippen molar-refractivity contribution in [3.05, 3.63) is 22.6 Å². The van der Waals surface area contributed by atoms with Gasteiger partial charge in [-0.05, 0) is 34.8 Å². The summed E-state index contributed by atoms with van der Waals surface area (Å²) in [6, 6.07) is 1.87. The maximum atomic E-state index is 9.05. The average molecular weight is 246 g/mol. The highest BCUT2D eigenvalue weighted by Gasteiger charge is 2.41. The number of nitrogens with one attached hydrogen (secondary N) is 1. The minimum absolute atomic E-state index is 0.0216. The van der Waals surface area contributed by atoms with E-state index < -0.39 is 0 Å².